The number of carboxylic acids is 1. The first kappa shape index (κ1) is 16.7. The smallest absolute Gasteiger partial charge is 0.239 e. The molecule has 1 heterocycles. The lowest BCUT2D eigenvalue weighted by molar-refractivity contribution is -0.305. The summed E-state index contributed by atoms with van der Waals surface area (Å²) in [6.07, 6.45) is 5.26. The van der Waals surface area contributed by atoms with E-state index < -0.39 is 11.2 Å². The number of carboxylic acid groups (broad SMARTS) is 1. The van der Waals surface area contributed by atoms with E-state index in [1.165, 1.54) is 19.3 Å². The second-order valence-electron chi connectivity index (χ2n) is 4.72. The number of carbonyl (C=O) groups excluding carboxylic acids is 2. The number of nitrogens with one attached hydrogen (secondary N) is 1. The highest BCUT2D eigenvalue weighted by molar-refractivity contribution is 8.15. The van der Waals surface area contributed by atoms with Gasteiger partial charge in [-0.25, -0.2) is 0 Å². The number of nitrogens with zero attached hydrogens (tertiary/aromatic N) is 2. The molecular formula is C13H20N3O3S-. The largest absolute Gasteiger partial charge is 0.550 e. The third-order valence-corrected chi connectivity index (χ3v) is 3.90. The molecule has 0 aromatic heterocycles. The zero-order valence-corrected chi connectivity index (χ0v) is 12.7. The minimum atomic E-state index is -1.24. The Morgan fingerprint density at radius 1 is 1.40 bits per heavy atom. The van der Waals surface area contributed by atoms with Crippen LogP contribution in [0.1, 0.15) is 52.4 Å². The monoisotopic (exact) mass is 298 g/mol. The van der Waals surface area contributed by atoms with Crippen molar-refractivity contribution in [3.8, 4) is 0 Å². The number of carbonyl (C=O) groups is 2. The molecule has 20 heavy (non-hydrogen) atoms. The highest BCUT2D eigenvalue weighted by Crippen LogP contribution is 2.22. The Morgan fingerprint density at radius 2 is 2.15 bits per heavy atom. The van der Waals surface area contributed by atoms with E-state index in [4.69, 9.17) is 0 Å². The van der Waals surface area contributed by atoms with Crippen molar-refractivity contribution < 1.29 is 14.7 Å². The van der Waals surface area contributed by atoms with Crippen molar-refractivity contribution in [3.05, 3.63) is 0 Å². The Bertz CT molecular complexity index is 421. The molecule has 1 N–H and O–H groups in total. The minimum absolute atomic E-state index is 0.310. The van der Waals surface area contributed by atoms with E-state index in [9.17, 15) is 14.7 Å². The normalized spacial score (nSPS) is 21.3. The number of aliphatic carboxylic acids is 1. The molecule has 0 bridgehead atoms. The third-order valence-electron chi connectivity index (χ3n) is 2.83. The molecule has 112 valence electrons. The van der Waals surface area contributed by atoms with Crippen LogP contribution >= 0.6 is 11.8 Å². The zero-order valence-electron chi connectivity index (χ0n) is 11.8. The van der Waals surface area contributed by atoms with Crippen LogP contribution in [0.15, 0.2) is 10.2 Å². The van der Waals surface area contributed by atoms with Crippen LogP contribution in [0.3, 0.4) is 0 Å². The van der Waals surface area contributed by atoms with Gasteiger partial charge >= 0.3 is 0 Å². The van der Waals surface area contributed by atoms with Crippen molar-refractivity contribution in [3.63, 3.8) is 0 Å². The summed E-state index contributed by atoms with van der Waals surface area (Å²) in [5.41, 5.74) is 0.909. The Morgan fingerprint density at radius 3 is 2.80 bits per heavy atom. The van der Waals surface area contributed by atoms with Gasteiger partial charge in [0, 0.05) is 18.1 Å². The molecule has 1 amide bonds. The number of rotatable bonds is 8. The fourth-order valence-corrected chi connectivity index (χ4v) is 2.63. The van der Waals surface area contributed by atoms with Gasteiger partial charge in [-0.05, 0) is 19.8 Å². The lowest BCUT2D eigenvalue weighted by Crippen LogP contribution is -2.31. The molecule has 0 unspecified atom stereocenters. The summed E-state index contributed by atoms with van der Waals surface area (Å²) in [5.74, 6) is -1.59. The van der Waals surface area contributed by atoms with Gasteiger partial charge in [-0.15, -0.1) is 5.10 Å². The fourth-order valence-electron chi connectivity index (χ4n) is 1.73. The van der Waals surface area contributed by atoms with Crippen LogP contribution in [-0.4, -0.2) is 28.0 Å². The molecular weight excluding hydrogens is 278 g/mol. The molecule has 0 saturated carbocycles. The second-order valence-corrected chi connectivity index (χ2v) is 5.91. The number of thioether (sulfide) groups is 1. The Balaban J connectivity index is 2.42. The van der Waals surface area contributed by atoms with Crippen LogP contribution in [0.2, 0.25) is 0 Å². The molecule has 0 aromatic rings. The van der Waals surface area contributed by atoms with Gasteiger partial charge in [0.1, 0.15) is 0 Å². The quantitative estimate of drug-likeness (QED) is 0.412. The average Bonchev–Trinajstić information content (AvgIpc) is 2.72. The number of amidine groups is 1. The zero-order chi connectivity index (χ0) is 15.0. The van der Waals surface area contributed by atoms with Crippen LogP contribution in [-0.2, 0) is 9.59 Å². The first-order valence-electron chi connectivity index (χ1n) is 6.81. The van der Waals surface area contributed by atoms with E-state index in [1.807, 2.05) is 6.92 Å². The van der Waals surface area contributed by atoms with E-state index >= 15 is 0 Å². The van der Waals surface area contributed by atoms with E-state index in [-0.39, 0.29) is 12.3 Å². The maximum Gasteiger partial charge on any atom is 0.239 e. The number of hydrogen-bond donors (Lipinski definition) is 1. The van der Waals surface area contributed by atoms with Crippen molar-refractivity contribution in [2.45, 2.75) is 57.6 Å². The number of hydrogen-bond acceptors (Lipinski definition) is 6. The highest BCUT2D eigenvalue weighted by Gasteiger charge is 2.30. The van der Waals surface area contributed by atoms with Crippen LogP contribution in [0.5, 0.6) is 0 Å². The summed E-state index contributed by atoms with van der Waals surface area (Å²) in [6.45, 7) is 4.06. The van der Waals surface area contributed by atoms with Crippen molar-refractivity contribution in [2.24, 2.45) is 10.2 Å². The highest BCUT2D eigenvalue weighted by atomic mass is 32.2. The summed E-state index contributed by atoms with van der Waals surface area (Å²) in [4.78, 5) is 21.9. The minimum Gasteiger partial charge on any atom is -0.550 e. The molecule has 1 aliphatic rings. The molecule has 0 spiro atoms. The molecule has 0 aliphatic carbocycles. The second kappa shape index (κ2) is 8.73. The molecule has 1 aliphatic heterocycles. The fraction of sp³-hybridized carbons (Fsp3) is 0.692. The summed E-state index contributed by atoms with van der Waals surface area (Å²) in [5, 5.41) is 20.7. The van der Waals surface area contributed by atoms with Crippen molar-refractivity contribution in [1.82, 2.24) is 5.32 Å². The van der Waals surface area contributed by atoms with Crippen molar-refractivity contribution >= 4 is 34.5 Å². The van der Waals surface area contributed by atoms with Gasteiger partial charge in [0.05, 0.1) is 5.25 Å². The van der Waals surface area contributed by atoms with E-state index in [0.29, 0.717) is 5.17 Å². The van der Waals surface area contributed by atoms with Gasteiger partial charge < -0.3 is 15.2 Å². The summed E-state index contributed by atoms with van der Waals surface area (Å²) in [7, 11) is 0. The van der Waals surface area contributed by atoms with Gasteiger partial charge in [0.15, 0.2) is 5.17 Å². The van der Waals surface area contributed by atoms with Gasteiger partial charge in [-0.2, -0.15) is 5.10 Å². The third kappa shape index (κ3) is 6.18. The van der Waals surface area contributed by atoms with E-state index in [0.717, 1.165) is 30.3 Å². The molecule has 1 rings (SSSR count). The van der Waals surface area contributed by atoms with Gasteiger partial charge in [-0.3, -0.25) is 4.79 Å². The lowest BCUT2D eigenvalue weighted by atomic mass is 10.1. The predicted octanol–water partition coefficient (Wildman–Crippen LogP) is 1.06. The standard InChI is InChI=1S/C13H21N3O3S/c1-3-4-5-6-7-9(2)15-16-13-14-12(19)10(20-13)8-11(17)18/h10H,3-8H2,1-2H3,(H,17,18)(H,14,16,19)/p-1/b15-9-/t10-/m1/s1. The predicted molar refractivity (Wildman–Crippen MR) is 78.4 cm³/mol. The van der Waals surface area contributed by atoms with Gasteiger partial charge in [0.25, 0.3) is 0 Å². The number of unbranched alkanes of at least 4 members (excludes halogenated alkanes) is 3. The maximum absolute atomic E-state index is 11.5. The Hall–Kier alpha value is -1.37. The van der Waals surface area contributed by atoms with E-state index in [1.54, 1.807) is 0 Å². The van der Waals surface area contributed by atoms with Gasteiger partial charge in [0.2, 0.25) is 5.91 Å². The Labute approximate surface area is 123 Å². The molecule has 0 aromatic carbocycles. The molecule has 1 atom stereocenters. The van der Waals surface area contributed by atoms with E-state index in [2.05, 4.69) is 22.4 Å². The van der Waals surface area contributed by atoms with Crippen LogP contribution in [0, 0.1) is 0 Å². The molecule has 6 nitrogen and oxygen atoms in total. The van der Waals surface area contributed by atoms with Crippen LogP contribution in [0.25, 0.3) is 0 Å². The first-order valence-corrected chi connectivity index (χ1v) is 7.69. The molecule has 1 saturated heterocycles. The number of amides is 1. The van der Waals surface area contributed by atoms with Crippen LogP contribution < -0.4 is 10.4 Å². The average molecular weight is 298 g/mol. The molecule has 0 radical (unpaired) electrons. The topological polar surface area (TPSA) is 94.0 Å². The molecule has 7 heteroatoms. The first-order chi connectivity index (χ1) is 9.52. The maximum atomic E-state index is 11.5. The molecule has 1 fully saturated rings. The summed E-state index contributed by atoms with van der Waals surface area (Å²) >= 11 is 1.08. The lowest BCUT2D eigenvalue weighted by Gasteiger charge is -2.04. The van der Waals surface area contributed by atoms with Crippen LogP contribution in [0.4, 0.5) is 0 Å². The van der Waals surface area contributed by atoms with Crippen molar-refractivity contribution in [1.29, 1.82) is 0 Å². The SMILES string of the molecule is CCCCCC/C(C)=N\N=C1\NC(=O)[C@@H](CC(=O)[O-])S1. The van der Waals surface area contributed by atoms with Gasteiger partial charge in [-0.1, -0.05) is 37.9 Å². The summed E-state index contributed by atoms with van der Waals surface area (Å²) in [6, 6.07) is 0. The summed E-state index contributed by atoms with van der Waals surface area (Å²) < 4.78 is 0. The van der Waals surface area contributed by atoms with Crippen molar-refractivity contribution in [2.75, 3.05) is 0 Å². The Kier molecular flexibility index (Phi) is 7.28.